The van der Waals surface area contributed by atoms with Gasteiger partial charge in [-0.3, -0.25) is 9.36 Å². The summed E-state index contributed by atoms with van der Waals surface area (Å²) in [6.07, 6.45) is 6.58. The Kier molecular flexibility index (Phi) is 4.50. The van der Waals surface area contributed by atoms with Crippen molar-refractivity contribution in [1.82, 2.24) is 29.3 Å². The molecule has 3 aromatic heterocycles. The molecule has 1 N–H and O–H groups in total. The first-order valence-corrected chi connectivity index (χ1v) is 7.43. The SMILES string of the molecule is CN(C)c1cc(NCCn2nc(-n3ccnc3)ccc2=O)ncn1. The zero-order valence-corrected chi connectivity index (χ0v) is 13.5. The number of hydrogen-bond acceptors (Lipinski definition) is 7. The van der Waals surface area contributed by atoms with Crippen LogP contribution in [0.15, 0.2) is 48.0 Å². The van der Waals surface area contributed by atoms with Crippen LogP contribution >= 0.6 is 0 Å². The van der Waals surface area contributed by atoms with Gasteiger partial charge in [0.2, 0.25) is 0 Å². The number of hydrogen-bond donors (Lipinski definition) is 1. The van der Waals surface area contributed by atoms with Gasteiger partial charge in [0, 0.05) is 45.2 Å². The van der Waals surface area contributed by atoms with Crippen LogP contribution in [0.25, 0.3) is 5.82 Å². The van der Waals surface area contributed by atoms with Gasteiger partial charge in [0.05, 0.1) is 6.54 Å². The van der Waals surface area contributed by atoms with Gasteiger partial charge in [0.15, 0.2) is 5.82 Å². The molecule has 24 heavy (non-hydrogen) atoms. The highest BCUT2D eigenvalue weighted by molar-refractivity contribution is 5.47. The summed E-state index contributed by atoms with van der Waals surface area (Å²) in [6.45, 7) is 0.937. The van der Waals surface area contributed by atoms with E-state index in [9.17, 15) is 4.79 Å². The summed E-state index contributed by atoms with van der Waals surface area (Å²) in [5.41, 5.74) is -0.155. The van der Waals surface area contributed by atoms with Gasteiger partial charge >= 0.3 is 0 Å². The number of imidazole rings is 1. The Morgan fingerprint density at radius 1 is 1.25 bits per heavy atom. The van der Waals surface area contributed by atoms with Gasteiger partial charge in [-0.05, 0) is 6.07 Å². The van der Waals surface area contributed by atoms with Crippen molar-refractivity contribution in [1.29, 1.82) is 0 Å². The Morgan fingerprint density at radius 3 is 2.88 bits per heavy atom. The van der Waals surface area contributed by atoms with E-state index in [0.29, 0.717) is 24.7 Å². The standard InChI is InChI=1S/C15H18N8O/c1-21(2)14-9-12(18-10-19-14)17-6-8-23-15(24)4-3-13(20-23)22-7-5-16-11-22/h3-5,7,9-11H,6,8H2,1-2H3,(H,17,18,19). The number of rotatable bonds is 6. The molecule has 0 spiro atoms. The van der Waals surface area contributed by atoms with E-state index in [2.05, 4.69) is 25.4 Å². The van der Waals surface area contributed by atoms with E-state index in [-0.39, 0.29) is 5.56 Å². The molecule has 0 amide bonds. The molecule has 9 nitrogen and oxygen atoms in total. The lowest BCUT2D eigenvalue weighted by molar-refractivity contribution is 0.589. The number of nitrogens with zero attached hydrogens (tertiary/aromatic N) is 7. The summed E-state index contributed by atoms with van der Waals surface area (Å²) < 4.78 is 3.16. The minimum Gasteiger partial charge on any atom is -0.368 e. The molecule has 3 aromatic rings. The third-order valence-electron chi connectivity index (χ3n) is 3.36. The first kappa shape index (κ1) is 15.7. The monoisotopic (exact) mass is 326 g/mol. The first-order chi connectivity index (χ1) is 11.6. The van der Waals surface area contributed by atoms with E-state index >= 15 is 0 Å². The number of nitrogens with one attached hydrogen (secondary N) is 1. The van der Waals surface area contributed by atoms with Gasteiger partial charge in [-0.25, -0.2) is 19.6 Å². The van der Waals surface area contributed by atoms with Gasteiger partial charge in [-0.2, -0.15) is 5.10 Å². The molecule has 0 unspecified atom stereocenters. The molecule has 0 atom stereocenters. The second-order valence-electron chi connectivity index (χ2n) is 5.31. The number of aromatic nitrogens is 6. The fourth-order valence-electron chi connectivity index (χ4n) is 2.11. The Labute approximate surface area is 138 Å². The third kappa shape index (κ3) is 3.57. The van der Waals surface area contributed by atoms with E-state index in [4.69, 9.17) is 0 Å². The number of anilines is 2. The van der Waals surface area contributed by atoms with Crippen molar-refractivity contribution in [2.45, 2.75) is 6.54 Å². The molecule has 0 fully saturated rings. The minimum absolute atomic E-state index is 0.155. The summed E-state index contributed by atoms with van der Waals surface area (Å²) in [5.74, 6) is 2.15. The molecule has 9 heteroatoms. The summed E-state index contributed by atoms with van der Waals surface area (Å²) in [4.78, 5) is 26.1. The van der Waals surface area contributed by atoms with Crippen LogP contribution in [0, 0.1) is 0 Å². The Balaban J connectivity index is 1.68. The molecule has 0 saturated carbocycles. The lowest BCUT2D eigenvalue weighted by atomic mass is 10.4. The molecular weight excluding hydrogens is 308 g/mol. The Hall–Kier alpha value is -3.23. The van der Waals surface area contributed by atoms with Crippen molar-refractivity contribution in [3.63, 3.8) is 0 Å². The first-order valence-electron chi connectivity index (χ1n) is 7.43. The fraction of sp³-hybridized carbons (Fsp3) is 0.267. The average molecular weight is 326 g/mol. The molecular formula is C15H18N8O. The predicted molar refractivity (Wildman–Crippen MR) is 90.5 cm³/mol. The average Bonchev–Trinajstić information content (AvgIpc) is 3.11. The predicted octanol–water partition coefficient (Wildman–Crippen LogP) is 0.397. The van der Waals surface area contributed by atoms with E-state index in [1.807, 2.05) is 25.1 Å². The summed E-state index contributed by atoms with van der Waals surface area (Å²) in [6, 6.07) is 5.01. The van der Waals surface area contributed by atoms with Crippen LogP contribution in [0.1, 0.15) is 0 Å². The lowest BCUT2D eigenvalue weighted by Gasteiger charge is -2.12. The van der Waals surface area contributed by atoms with Crippen LogP contribution in [-0.2, 0) is 6.54 Å². The van der Waals surface area contributed by atoms with Crippen LogP contribution in [0.3, 0.4) is 0 Å². The largest absolute Gasteiger partial charge is 0.368 e. The zero-order chi connectivity index (χ0) is 16.9. The molecule has 0 bridgehead atoms. The maximum absolute atomic E-state index is 11.9. The molecule has 0 aliphatic rings. The van der Waals surface area contributed by atoms with E-state index in [0.717, 1.165) is 5.82 Å². The topological polar surface area (TPSA) is 93.8 Å². The summed E-state index contributed by atoms with van der Waals surface area (Å²) in [5, 5.41) is 7.51. The normalized spacial score (nSPS) is 10.6. The van der Waals surface area contributed by atoms with Crippen molar-refractivity contribution >= 4 is 11.6 Å². The van der Waals surface area contributed by atoms with Gasteiger partial charge < -0.3 is 10.2 Å². The Bertz CT molecular complexity index is 856. The third-order valence-corrected chi connectivity index (χ3v) is 3.36. The second-order valence-corrected chi connectivity index (χ2v) is 5.31. The quantitative estimate of drug-likeness (QED) is 0.700. The van der Waals surface area contributed by atoms with Crippen molar-refractivity contribution in [3.8, 4) is 5.82 Å². The van der Waals surface area contributed by atoms with Crippen molar-refractivity contribution in [2.75, 3.05) is 30.9 Å². The van der Waals surface area contributed by atoms with Crippen LogP contribution < -0.4 is 15.8 Å². The van der Waals surface area contributed by atoms with E-state index in [1.54, 1.807) is 29.4 Å². The van der Waals surface area contributed by atoms with Crippen LogP contribution in [0.5, 0.6) is 0 Å². The van der Waals surface area contributed by atoms with Gasteiger partial charge in [-0.1, -0.05) is 0 Å². The van der Waals surface area contributed by atoms with E-state index < -0.39 is 0 Å². The maximum Gasteiger partial charge on any atom is 0.266 e. The van der Waals surface area contributed by atoms with Crippen LogP contribution in [0.2, 0.25) is 0 Å². The van der Waals surface area contributed by atoms with Gasteiger partial charge in [0.25, 0.3) is 5.56 Å². The van der Waals surface area contributed by atoms with Gasteiger partial charge in [0.1, 0.15) is 24.3 Å². The highest BCUT2D eigenvalue weighted by atomic mass is 16.1. The van der Waals surface area contributed by atoms with Crippen molar-refractivity contribution in [3.05, 3.63) is 53.6 Å². The summed E-state index contributed by atoms with van der Waals surface area (Å²) in [7, 11) is 3.83. The van der Waals surface area contributed by atoms with Gasteiger partial charge in [-0.15, -0.1) is 0 Å². The fourth-order valence-corrected chi connectivity index (χ4v) is 2.11. The molecule has 0 aromatic carbocycles. The van der Waals surface area contributed by atoms with Crippen molar-refractivity contribution in [2.24, 2.45) is 0 Å². The lowest BCUT2D eigenvalue weighted by Crippen LogP contribution is -2.26. The van der Waals surface area contributed by atoms with Crippen LogP contribution in [-0.4, -0.2) is 49.9 Å². The summed E-state index contributed by atoms with van der Waals surface area (Å²) >= 11 is 0. The van der Waals surface area contributed by atoms with Crippen LogP contribution in [0.4, 0.5) is 11.6 Å². The van der Waals surface area contributed by atoms with Crippen molar-refractivity contribution < 1.29 is 0 Å². The molecule has 0 saturated heterocycles. The Morgan fingerprint density at radius 2 is 2.12 bits per heavy atom. The minimum atomic E-state index is -0.155. The molecule has 0 aliphatic heterocycles. The molecule has 3 rings (SSSR count). The molecule has 0 aliphatic carbocycles. The van der Waals surface area contributed by atoms with E-state index in [1.165, 1.54) is 17.1 Å². The zero-order valence-electron chi connectivity index (χ0n) is 13.5. The smallest absolute Gasteiger partial charge is 0.266 e. The maximum atomic E-state index is 11.9. The molecule has 3 heterocycles. The molecule has 0 radical (unpaired) electrons. The molecule has 124 valence electrons. The highest BCUT2D eigenvalue weighted by Gasteiger charge is 2.04. The second kappa shape index (κ2) is 6.90. The highest BCUT2D eigenvalue weighted by Crippen LogP contribution is 2.10.